The molecule has 1 fully saturated rings. The molecular weight excluding hydrogens is 300 g/mol. The lowest BCUT2D eigenvalue weighted by molar-refractivity contribution is 0.112. The van der Waals surface area contributed by atoms with Gasteiger partial charge in [0.05, 0.1) is 23.8 Å². The minimum Gasteiger partial charge on any atom is -0.375 e. The van der Waals surface area contributed by atoms with E-state index in [1.165, 1.54) is 17.8 Å². The van der Waals surface area contributed by atoms with E-state index in [-0.39, 0.29) is 12.1 Å². The minimum atomic E-state index is -0.138. The van der Waals surface area contributed by atoms with Gasteiger partial charge in [0.15, 0.2) is 5.13 Å². The summed E-state index contributed by atoms with van der Waals surface area (Å²) < 4.78 is 5.40. The van der Waals surface area contributed by atoms with Gasteiger partial charge in [0.2, 0.25) is 0 Å². The molecule has 0 unspecified atom stereocenters. The van der Waals surface area contributed by atoms with Gasteiger partial charge in [-0.3, -0.25) is 5.32 Å². The van der Waals surface area contributed by atoms with Gasteiger partial charge in [-0.25, -0.2) is 9.78 Å². The Morgan fingerprint density at radius 2 is 2.27 bits per heavy atom. The molecule has 0 aromatic carbocycles. The zero-order valence-electron chi connectivity index (χ0n) is 13.1. The van der Waals surface area contributed by atoms with Crippen molar-refractivity contribution in [2.24, 2.45) is 0 Å². The number of likely N-dealkylation sites (tertiary alicyclic amines) is 1. The molecule has 2 N–H and O–H groups in total. The molecule has 0 bridgehead atoms. The molecule has 0 aliphatic carbocycles. The predicted octanol–water partition coefficient (Wildman–Crippen LogP) is 2.21. The van der Waals surface area contributed by atoms with Crippen LogP contribution in [-0.2, 0) is 17.8 Å². The van der Waals surface area contributed by atoms with Crippen molar-refractivity contribution in [3.05, 3.63) is 10.6 Å². The van der Waals surface area contributed by atoms with Gasteiger partial charge in [0.25, 0.3) is 0 Å². The van der Waals surface area contributed by atoms with Crippen molar-refractivity contribution in [3.8, 4) is 0 Å². The number of nitrogens with zero attached hydrogens (tertiary/aromatic N) is 2. The van der Waals surface area contributed by atoms with Crippen LogP contribution in [0.15, 0.2) is 0 Å². The summed E-state index contributed by atoms with van der Waals surface area (Å²) in [7, 11) is 0. The number of carbonyl (C=O) groups excluding carboxylic acids is 1. The molecule has 1 aromatic rings. The maximum Gasteiger partial charge on any atom is 0.321 e. The van der Waals surface area contributed by atoms with Crippen molar-refractivity contribution in [2.45, 2.75) is 45.3 Å². The summed E-state index contributed by atoms with van der Waals surface area (Å²) in [4.78, 5) is 20.2. The number of anilines is 1. The Hall–Kier alpha value is -1.18. The van der Waals surface area contributed by atoms with Gasteiger partial charge in [-0.2, -0.15) is 0 Å². The first-order valence-electron chi connectivity index (χ1n) is 8.11. The summed E-state index contributed by atoms with van der Waals surface area (Å²) in [5.74, 6) is 0. The van der Waals surface area contributed by atoms with Crippen LogP contribution in [0, 0.1) is 0 Å². The molecule has 0 atom stereocenters. The molecule has 1 aromatic heterocycles. The molecule has 0 spiro atoms. The molecule has 2 amide bonds. The van der Waals surface area contributed by atoms with Crippen LogP contribution in [0.5, 0.6) is 0 Å². The second-order valence-electron chi connectivity index (χ2n) is 5.91. The molecule has 6 nitrogen and oxygen atoms in total. The van der Waals surface area contributed by atoms with Gasteiger partial charge >= 0.3 is 6.03 Å². The molecule has 122 valence electrons. The van der Waals surface area contributed by atoms with Crippen LogP contribution < -0.4 is 10.6 Å². The Balaban J connectivity index is 1.46. The standard InChI is InChI=1S/C15H24N4O2S/c1-2-6-19-7-3-11(4-8-19)16-14(20)18-15-17-12-5-9-21-10-13(12)22-15/h11H,2-10H2,1H3,(H2,16,17,18,20). The fourth-order valence-electron chi connectivity index (χ4n) is 3.01. The predicted molar refractivity (Wildman–Crippen MR) is 87.4 cm³/mol. The normalized spacial score (nSPS) is 19.7. The third-order valence-corrected chi connectivity index (χ3v) is 5.16. The average molecular weight is 324 g/mol. The van der Waals surface area contributed by atoms with Gasteiger partial charge in [-0.05, 0) is 25.8 Å². The summed E-state index contributed by atoms with van der Waals surface area (Å²) in [6.07, 6.45) is 4.08. The Morgan fingerprint density at radius 1 is 1.45 bits per heavy atom. The van der Waals surface area contributed by atoms with Crippen molar-refractivity contribution in [1.82, 2.24) is 15.2 Å². The zero-order valence-corrected chi connectivity index (χ0v) is 13.9. The highest BCUT2D eigenvalue weighted by Crippen LogP contribution is 2.26. The van der Waals surface area contributed by atoms with Gasteiger partial charge in [-0.1, -0.05) is 18.3 Å². The average Bonchev–Trinajstić information content (AvgIpc) is 2.91. The zero-order chi connectivity index (χ0) is 15.4. The van der Waals surface area contributed by atoms with E-state index in [9.17, 15) is 4.79 Å². The highest BCUT2D eigenvalue weighted by molar-refractivity contribution is 7.15. The molecule has 0 radical (unpaired) electrons. The second kappa shape index (κ2) is 7.39. The number of piperidine rings is 1. The van der Waals surface area contributed by atoms with Crippen LogP contribution in [-0.4, -0.2) is 48.2 Å². The first-order chi connectivity index (χ1) is 10.7. The molecule has 2 aliphatic heterocycles. The van der Waals surface area contributed by atoms with Crippen molar-refractivity contribution in [2.75, 3.05) is 31.6 Å². The van der Waals surface area contributed by atoms with Crippen LogP contribution in [0.2, 0.25) is 0 Å². The smallest absolute Gasteiger partial charge is 0.321 e. The first kappa shape index (κ1) is 15.7. The lowest BCUT2D eigenvalue weighted by Gasteiger charge is -2.31. The van der Waals surface area contributed by atoms with Crippen LogP contribution in [0.4, 0.5) is 9.93 Å². The van der Waals surface area contributed by atoms with Gasteiger partial charge in [0.1, 0.15) is 0 Å². The molecular formula is C15H24N4O2S. The van der Waals surface area contributed by atoms with Crippen LogP contribution in [0.25, 0.3) is 0 Å². The largest absolute Gasteiger partial charge is 0.375 e. The number of fused-ring (bicyclic) bond motifs is 1. The molecule has 3 heterocycles. The highest BCUT2D eigenvalue weighted by atomic mass is 32.1. The summed E-state index contributed by atoms with van der Waals surface area (Å²) in [6.45, 7) is 6.84. The van der Waals surface area contributed by atoms with E-state index in [1.54, 1.807) is 0 Å². The Morgan fingerprint density at radius 3 is 3.00 bits per heavy atom. The quantitative estimate of drug-likeness (QED) is 0.891. The maximum atomic E-state index is 12.1. The van der Waals surface area contributed by atoms with Gasteiger partial charge < -0.3 is 15.0 Å². The molecule has 22 heavy (non-hydrogen) atoms. The summed E-state index contributed by atoms with van der Waals surface area (Å²) in [5, 5.41) is 6.62. The lowest BCUT2D eigenvalue weighted by atomic mass is 10.1. The first-order valence-corrected chi connectivity index (χ1v) is 8.92. The van der Waals surface area contributed by atoms with E-state index in [0.29, 0.717) is 11.7 Å². The minimum absolute atomic E-state index is 0.138. The summed E-state index contributed by atoms with van der Waals surface area (Å²) >= 11 is 1.52. The Kier molecular flexibility index (Phi) is 5.28. The Labute approximate surface area is 135 Å². The molecule has 1 saturated heterocycles. The lowest BCUT2D eigenvalue weighted by Crippen LogP contribution is -2.46. The van der Waals surface area contributed by atoms with Crippen LogP contribution in [0.3, 0.4) is 0 Å². The fourth-order valence-corrected chi connectivity index (χ4v) is 3.96. The molecule has 0 saturated carbocycles. The van der Waals surface area contributed by atoms with Crippen LogP contribution >= 0.6 is 11.3 Å². The summed E-state index contributed by atoms with van der Waals surface area (Å²) in [5.41, 5.74) is 1.07. The third kappa shape index (κ3) is 3.97. The van der Waals surface area contributed by atoms with E-state index >= 15 is 0 Å². The second-order valence-corrected chi connectivity index (χ2v) is 6.99. The van der Waals surface area contributed by atoms with Crippen molar-refractivity contribution in [3.63, 3.8) is 0 Å². The number of nitrogens with one attached hydrogen (secondary N) is 2. The maximum absolute atomic E-state index is 12.1. The third-order valence-electron chi connectivity index (χ3n) is 4.18. The van der Waals surface area contributed by atoms with Crippen molar-refractivity contribution < 1.29 is 9.53 Å². The van der Waals surface area contributed by atoms with Crippen molar-refractivity contribution in [1.29, 1.82) is 0 Å². The number of hydrogen-bond acceptors (Lipinski definition) is 5. The number of carbonyl (C=O) groups is 1. The number of thiazole rings is 1. The SMILES string of the molecule is CCCN1CCC(NC(=O)Nc2nc3c(s2)COCC3)CC1. The Bertz CT molecular complexity index is 488. The van der Waals surface area contributed by atoms with E-state index in [2.05, 4.69) is 27.4 Å². The summed E-state index contributed by atoms with van der Waals surface area (Å²) in [6, 6.07) is 0.131. The molecule has 2 aliphatic rings. The van der Waals surface area contributed by atoms with Gasteiger partial charge in [0, 0.05) is 25.6 Å². The molecule has 7 heteroatoms. The number of amides is 2. The number of rotatable bonds is 4. The number of ether oxygens (including phenoxy) is 1. The van der Waals surface area contributed by atoms with Crippen molar-refractivity contribution >= 4 is 22.5 Å². The van der Waals surface area contributed by atoms with Crippen LogP contribution in [0.1, 0.15) is 36.8 Å². The number of hydrogen-bond donors (Lipinski definition) is 2. The topological polar surface area (TPSA) is 66.5 Å². The van der Waals surface area contributed by atoms with E-state index in [1.807, 2.05) is 0 Å². The van der Waals surface area contributed by atoms with E-state index < -0.39 is 0 Å². The number of aromatic nitrogens is 1. The van der Waals surface area contributed by atoms with Gasteiger partial charge in [-0.15, -0.1) is 0 Å². The highest BCUT2D eigenvalue weighted by Gasteiger charge is 2.21. The monoisotopic (exact) mass is 324 g/mol. The fraction of sp³-hybridized carbons (Fsp3) is 0.733. The van der Waals surface area contributed by atoms with E-state index in [4.69, 9.17) is 4.74 Å². The van der Waals surface area contributed by atoms with E-state index in [0.717, 1.165) is 56.1 Å². The molecule has 3 rings (SSSR count). The number of urea groups is 1.